The number of nitriles is 1. The largest absolute Gasteiger partial charge is 0.356 e. The molecule has 0 aromatic carbocycles. The van der Waals surface area contributed by atoms with Gasteiger partial charge in [-0.2, -0.15) is 5.26 Å². The maximum atomic E-state index is 12.5. The zero-order valence-electron chi connectivity index (χ0n) is 12.8. The molecule has 2 bridgehead atoms. The number of carbonyl (C=O) groups excluding carboxylic acids is 2. The molecular weight excluding hydrogens is 280 g/mol. The van der Waals surface area contributed by atoms with Gasteiger partial charge in [0.1, 0.15) is 6.04 Å². The van der Waals surface area contributed by atoms with Crippen LogP contribution in [0.5, 0.6) is 0 Å². The second-order valence-electron chi connectivity index (χ2n) is 6.81. The van der Waals surface area contributed by atoms with Crippen LogP contribution < -0.4 is 16.0 Å². The number of nitrogens with zero attached hydrogens (tertiary/aromatic N) is 1. The minimum atomic E-state index is -0.580. The average Bonchev–Trinajstić information content (AvgIpc) is 2.57. The van der Waals surface area contributed by atoms with Crippen LogP contribution in [0.1, 0.15) is 44.9 Å². The lowest BCUT2D eigenvalue weighted by atomic mass is 9.76. The Morgan fingerprint density at radius 2 is 2.09 bits per heavy atom. The number of hydrogen-bond acceptors (Lipinski definition) is 4. The summed E-state index contributed by atoms with van der Waals surface area (Å²) >= 11 is 0. The maximum absolute atomic E-state index is 12.5. The van der Waals surface area contributed by atoms with Gasteiger partial charge in [-0.1, -0.05) is 0 Å². The van der Waals surface area contributed by atoms with E-state index in [1.54, 1.807) is 0 Å². The number of rotatable bonds is 4. The number of piperidine rings is 3. The first-order valence-corrected chi connectivity index (χ1v) is 8.41. The summed E-state index contributed by atoms with van der Waals surface area (Å²) in [6.07, 6.45) is 6.64. The summed E-state index contributed by atoms with van der Waals surface area (Å²) in [5, 5.41) is 18.4. The van der Waals surface area contributed by atoms with Crippen molar-refractivity contribution >= 4 is 11.8 Å². The van der Waals surface area contributed by atoms with Crippen LogP contribution in [0, 0.1) is 23.2 Å². The molecule has 22 heavy (non-hydrogen) atoms. The SMILES string of the molecule is N#C[C@H](C[C@@H]1CCCNC1=O)NC(=O)[C@H]1NC2CCC1CC2. The zero-order chi connectivity index (χ0) is 15.5. The summed E-state index contributed by atoms with van der Waals surface area (Å²) < 4.78 is 0. The number of carbonyl (C=O) groups is 2. The van der Waals surface area contributed by atoms with Gasteiger partial charge in [0.05, 0.1) is 12.1 Å². The highest BCUT2D eigenvalue weighted by Gasteiger charge is 2.39. The Labute approximate surface area is 131 Å². The van der Waals surface area contributed by atoms with Crippen LogP contribution in [0.15, 0.2) is 0 Å². The third-order valence-corrected chi connectivity index (χ3v) is 5.33. The molecule has 0 radical (unpaired) electrons. The van der Waals surface area contributed by atoms with Crippen molar-refractivity contribution in [2.75, 3.05) is 6.54 Å². The van der Waals surface area contributed by atoms with Crippen molar-refractivity contribution in [1.29, 1.82) is 5.26 Å². The van der Waals surface area contributed by atoms with E-state index in [2.05, 4.69) is 22.0 Å². The van der Waals surface area contributed by atoms with Crippen LogP contribution >= 0.6 is 0 Å². The van der Waals surface area contributed by atoms with E-state index in [0.29, 0.717) is 24.9 Å². The van der Waals surface area contributed by atoms with Crippen molar-refractivity contribution in [1.82, 2.24) is 16.0 Å². The molecule has 6 nitrogen and oxygen atoms in total. The predicted molar refractivity (Wildman–Crippen MR) is 80.6 cm³/mol. The number of hydrogen-bond donors (Lipinski definition) is 3. The minimum Gasteiger partial charge on any atom is -0.356 e. The molecule has 3 N–H and O–H groups in total. The second-order valence-corrected chi connectivity index (χ2v) is 6.81. The van der Waals surface area contributed by atoms with Crippen molar-refractivity contribution in [3.63, 3.8) is 0 Å². The first kappa shape index (κ1) is 15.3. The van der Waals surface area contributed by atoms with Crippen LogP contribution in [-0.2, 0) is 9.59 Å². The van der Waals surface area contributed by atoms with E-state index < -0.39 is 6.04 Å². The van der Waals surface area contributed by atoms with Gasteiger partial charge < -0.3 is 16.0 Å². The fraction of sp³-hybridized carbons (Fsp3) is 0.812. The van der Waals surface area contributed by atoms with Crippen molar-refractivity contribution in [3.05, 3.63) is 0 Å². The Kier molecular flexibility index (Phi) is 4.63. The van der Waals surface area contributed by atoms with Gasteiger partial charge in [-0.15, -0.1) is 0 Å². The highest BCUT2D eigenvalue weighted by atomic mass is 16.2. The van der Waals surface area contributed by atoms with Gasteiger partial charge in [-0.3, -0.25) is 9.59 Å². The van der Waals surface area contributed by atoms with Crippen molar-refractivity contribution in [2.24, 2.45) is 11.8 Å². The molecule has 0 aromatic rings. The zero-order valence-corrected chi connectivity index (χ0v) is 12.8. The lowest BCUT2D eigenvalue weighted by Gasteiger charge is -2.42. The smallest absolute Gasteiger partial charge is 0.238 e. The van der Waals surface area contributed by atoms with Gasteiger partial charge >= 0.3 is 0 Å². The van der Waals surface area contributed by atoms with E-state index in [9.17, 15) is 14.9 Å². The molecule has 0 unspecified atom stereocenters. The Morgan fingerprint density at radius 3 is 2.68 bits per heavy atom. The van der Waals surface area contributed by atoms with Crippen molar-refractivity contribution in [2.45, 2.75) is 63.1 Å². The maximum Gasteiger partial charge on any atom is 0.238 e. The van der Waals surface area contributed by atoms with Gasteiger partial charge in [0.2, 0.25) is 11.8 Å². The van der Waals surface area contributed by atoms with Crippen LogP contribution in [0.2, 0.25) is 0 Å². The number of amides is 2. The number of fused-ring (bicyclic) bond motifs is 3. The van der Waals surface area contributed by atoms with Gasteiger partial charge in [0, 0.05) is 18.5 Å². The molecule has 3 heterocycles. The van der Waals surface area contributed by atoms with Gasteiger partial charge in [0.25, 0.3) is 0 Å². The molecule has 3 atom stereocenters. The Morgan fingerprint density at radius 1 is 1.32 bits per heavy atom. The van der Waals surface area contributed by atoms with E-state index in [0.717, 1.165) is 38.5 Å². The molecule has 120 valence electrons. The molecule has 0 aromatic heterocycles. The molecule has 6 heteroatoms. The van der Waals surface area contributed by atoms with Gasteiger partial charge in [-0.05, 0) is 50.9 Å². The van der Waals surface area contributed by atoms with E-state index in [1.165, 1.54) is 0 Å². The molecule has 4 fully saturated rings. The molecule has 4 rings (SSSR count). The molecular formula is C16H24N4O2. The van der Waals surface area contributed by atoms with Gasteiger partial charge in [0.15, 0.2) is 0 Å². The van der Waals surface area contributed by atoms with Crippen molar-refractivity contribution in [3.8, 4) is 6.07 Å². The van der Waals surface area contributed by atoms with E-state index in [4.69, 9.17) is 0 Å². The molecule has 1 aliphatic carbocycles. The lowest BCUT2D eigenvalue weighted by molar-refractivity contribution is -0.129. The van der Waals surface area contributed by atoms with Crippen LogP contribution in [0.3, 0.4) is 0 Å². The number of nitrogens with one attached hydrogen (secondary N) is 3. The topological polar surface area (TPSA) is 94.0 Å². The van der Waals surface area contributed by atoms with Gasteiger partial charge in [-0.25, -0.2) is 0 Å². The Bertz CT molecular complexity index is 479. The predicted octanol–water partition coefficient (Wildman–Crippen LogP) is 0.442. The Balaban J connectivity index is 1.55. The first-order valence-electron chi connectivity index (χ1n) is 8.41. The summed E-state index contributed by atoms with van der Waals surface area (Å²) in [6.45, 7) is 0.716. The summed E-state index contributed by atoms with van der Waals surface area (Å²) in [5.41, 5.74) is 0. The lowest BCUT2D eigenvalue weighted by Crippen LogP contribution is -2.59. The van der Waals surface area contributed by atoms with Crippen molar-refractivity contribution < 1.29 is 9.59 Å². The normalized spacial score (nSPS) is 35.3. The summed E-state index contributed by atoms with van der Waals surface area (Å²) in [4.78, 5) is 24.2. The van der Waals surface area contributed by atoms with Crippen LogP contribution in [0.4, 0.5) is 0 Å². The highest BCUT2D eigenvalue weighted by Crippen LogP contribution is 2.33. The minimum absolute atomic E-state index is 0.00981. The molecule has 4 aliphatic rings. The third-order valence-electron chi connectivity index (χ3n) is 5.33. The molecule has 2 amide bonds. The highest BCUT2D eigenvalue weighted by molar-refractivity contribution is 5.83. The average molecular weight is 304 g/mol. The van der Waals surface area contributed by atoms with E-state index >= 15 is 0 Å². The van der Waals surface area contributed by atoms with E-state index in [-0.39, 0.29) is 23.8 Å². The summed E-state index contributed by atoms with van der Waals surface area (Å²) in [5.74, 6) is 0.171. The van der Waals surface area contributed by atoms with Crippen LogP contribution in [0.25, 0.3) is 0 Å². The molecule has 3 aliphatic heterocycles. The fourth-order valence-electron chi connectivity index (χ4n) is 4.05. The first-order chi connectivity index (χ1) is 10.7. The standard InChI is InChI=1S/C16H24N4O2/c17-9-13(8-11-2-1-7-18-15(11)21)20-16(22)14-10-3-5-12(19-14)6-4-10/h10-14,19H,1-8H2,(H,18,21)(H,20,22)/t10?,11-,12?,13-,14-/m0/s1. The quantitative estimate of drug-likeness (QED) is 0.702. The Hall–Kier alpha value is -1.61. The van der Waals surface area contributed by atoms with E-state index in [1.807, 2.05) is 0 Å². The molecule has 0 spiro atoms. The fourth-order valence-corrected chi connectivity index (χ4v) is 4.05. The summed E-state index contributed by atoms with van der Waals surface area (Å²) in [7, 11) is 0. The molecule has 1 saturated carbocycles. The summed E-state index contributed by atoms with van der Waals surface area (Å²) in [6, 6.07) is 1.85. The molecule has 3 saturated heterocycles. The second kappa shape index (κ2) is 6.66. The van der Waals surface area contributed by atoms with Crippen LogP contribution in [-0.4, -0.2) is 36.5 Å². The monoisotopic (exact) mass is 304 g/mol. The third kappa shape index (κ3) is 3.25.